The monoisotopic (exact) mass is 318 g/mol. The Balaban J connectivity index is 1.97. The van der Waals surface area contributed by atoms with Crippen LogP contribution in [0, 0.1) is 12.7 Å². The summed E-state index contributed by atoms with van der Waals surface area (Å²) in [4.78, 5) is 35.4. The van der Waals surface area contributed by atoms with E-state index >= 15 is 0 Å². The number of amides is 2. The second-order valence-electron chi connectivity index (χ2n) is 4.97. The highest BCUT2D eigenvalue weighted by Gasteiger charge is 2.23. The minimum Gasteiger partial charge on any atom is -0.461 e. The van der Waals surface area contributed by atoms with E-state index in [2.05, 4.69) is 10.6 Å². The summed E-state index contributed by atoms with van der Waals surface area (Å²) >= 11 is 0. The van der Waals surface area contributed by atoms with Crippen molar-refractivity contribution in [2.75, 3.05) is 5.32 Å². The van der Waals surface area contributed by atoms with Crippen LogP contribution < -0.4 is 10.6 Å². The molecule has 1 heterocycles. The zero-order valence-electron chi connectivity index (χ0n) is 12.6. The van der Waals surface area contributed by atoms with Crippen molar-refractivity contribution >= 4 is 23.3 Å². The van der Waals surface area contributed by atoms with Gasteiger partial charge in [-0.05, 0) is 43.7 Å². The summed E-state index contributed by atoms with van der Waals surface area (Å²) in [5.41, 5.74) is 0.713. The van der Waals surface area contributed by atoms with Gasteiger partial charge in [0.25, 0.3) is 11.7 Å². The number of anilines is 1. The normalized spacial score (nSPS) is 11.6. The van der Waals surface area contributed by atoms with Crippen LogP contribution in [0.3, 0.4) is 0 Å². The smallest absolute Gasteiger partial charge is 0.296 e. The van der Waals surface area contributed by atoms with Gasteiger partial charge in [0.1, 0.15) is 11.9 Å². The van der Waals surface area contributed by atoms with Crippen LogP contribution in [-0.4, -0.2) is 23.6 Å². The molecular formula is C16H15FN2O4. The van der Waals surface area contributed by atoms with Crippen molar-refractivity contribution in [1.82, 2.24) is 5.32 Å². The topological polar surface area (TPSA) is 88.4 Å². The molecule has 23 heavy (non-hydrogen) atoms. The average molecular weight is 318 g/mol. The molecule has 0 aliphatic heterocycles. The Morgan fingerprint density at radius 1 is 1.22 bits per heavy atom. The van der Waals surface area contributed by atoms with Crippen molar-refractivity contribution in [3.63, 3.8) is 0 Å². The fourth-order valence-corrected chi connectivity index (χ4v) is 1.81. The predicted molar refractivity (Wildman–Crippen MR) is 80.4 cm³/mol. The number of hydrogen-bond donors (Lipinski definition) is 2. The zero-order chi connectivity index (χ0) is 17.0. The van der Waals surface area contributed by atoms with E-state index in [9.17, 15) is 18.8 Å². The Kier molecular flexibility index (Phi) is 4.90. The van der Waals surface area contributed by atoms with Gasteiger partial charge in [-0.1, -0.05) is 6.07 Å². The lowest BCUT2D eigenvalue weighted by Crippen LogP contribution is -2.44. The molecule has 120 valence electrons. The van der Waals surface area contributed by atoms with Gasteiger partial charge in [0, 0.05) is 0 Å². The number of rotatable bonds is 5. The molecule has 2 rings (SSSR count). The van der Waals surface area contributed by atoms with Crippen molar-refractivity contribution in [2.45, 2.75) is 19.9 Å². The first-order chi connectivity index (χ1) is 10.9. The lowest BCUT2D eigenvalue weighted by atomic mass is 10.2. The van der Waals surface area contributed by atoms with E-state index in [1.54, 1.807) is 13.0 Å². The van der Waals surface area contributed by atoms with Crippen molar-refractivity contribution in [2.24, 2.45) is 0 Å². The molecule has 2 aromatic rings. The maximum atomic E-state index is 13.7. The zero-order valence-corrected chi connectivity index (χ0v) is 12.6. The van der Waals surface area contributed by atoms with Gasteiger partial charge in [-0.3, -0.25) is 14.4 Å². The van der Waals surface area contributed by atoms with E-state index < -0.39 is 29.5 Å². The minimum absolute atomic E-state index is 0.000870. The molecule has 0 saturated heterocycles. The van der Waals surface area contributed by atoms with Gasteiger partial charge in [0.15, 0.2) is 5.76 Å². The van der Waals surface area contributed by atoms with E-state index in [4.69, 9.17) is 4.42 Å². The van der Waals surface area contributed by atoms with Crippen LogP contribution in [0.25, 0.3) is 0 Å². The van der Waals surface area contributed by atoms with Crippen LogP contribution in [0.1, 0.15) is 23.0 Å². The van der Waals surface area contributed by atoms with Crippen LogP contribution in [0.2, 0.25) is 0 Å². The number of nitrogens with one attached hydrogen (secondary N) is 2. The summed E-state index contributed by atoms with van der Waals surface area (Å²) in [5.74, 6) is -3.22. The van der Waals surface area contributed by atoms with E-state index in [1.165, 1.54) is 37.5 Å². The van der Waals surface area contributed by atoms with Crippen LogP contribution in [-0.2, 0) is 9.59 Å². The quantitative estimate of drug-likeness (QED) is 0.652. The minimum atomic E-state index is -1.03. The summed E-state index contributed by atoms with van der Waals surface area (Å²) in [6.07, 6.45) is 1.26. The van der Waals surface area contributed by atoms with Gasteiger partial charge in [-0.25, -0.2) is 4.39 Å². The van der Waals surface area contributed by atoms with E-state index in [1.807, 2.05) is 0 Å². The Hall–Kier alpha value is -2.96. The molecule has 6 nitrogen and oxygen atoms in total. The second-order valence-corrected chi connectivity index (χ2v) is 4.97. The second kappa shape index (κ2) is 6.87. The third-order valence-corrected chi connectivity index (χ3v) is 3.07. The molecule has 0 spiro atoms. The van der Waals surface area contributed by atoms with Crippen molar-refractivity contribution in [3.8, 4) is 0 Å². The molecular weight excluding hydrogens is 303 g/mol. The van der Waals surface area contributed by atoms with Crippen molar-refractivity contribution in [3.05, 3.63) is 53.7 Å². The third kappa shape index (κ3) is 4.03. The maximum Gasteiger partial charge on any atom is 0.296 e. The predicted octanol–water partition coefficient (Wildman–Crippen LogP) is 2.05. The van der Waals surface area contributed by atoms with Gasteiger partial charge in [0.2, 0.25) is 5.91 Å². The molecule has 0 bridgehead atoms. The first-order valence-electron chi connectivity index (χ1n) is 6.84. The van der Waals surface area contributed by atoms with Gasteiger partial charge in [-0.2, -0.15) is 0 Å². The average Bonchev–Trinajstić information content (AvgIpc) is 3.03. The number of carbonyl (C=O) groups is 3. The highest BCUT2D eigenvalue weighted by atomic mass is 19.1. The lowest BCUT2D eigenvalue weighted by molar-refractivity contribution is -0.123. The number of furan rings is 1. The van der Waals surface area contributed by atoms with Gasteiger partial charge < -0.3 is 15.1 Å². The Morgan fingerprint density at radius 2 is 1.96 bits per heavy atom. The highest BCUT2D eigenvalue weighted by Crippen LogP contribution is 2.15. The first kappa shape index (κ1) is 16.4. The number of Topliss-reactive ketones (excluding diaryl/α,β-unsaturated/α-hetero) is 1. The number of hydrogen-bond acceptors (Lipinski definition) is 4. The molecule has 1 atom stereocenters. The lowest BCUT2D eigenvalue weighted by Gasteiger charge is -2.14. The molecule has 0 radical (unpaired) electrons. The molecule has 1 aromatic heterocycles. The fourth-order valence-electron chi connectivity index (χ4n) is 1.81. The standard InChI is InChI=1S/C16H15FN2O4/c1-9-5-6-12(11(17)8-9)19-15(21)10(2)18-16(22)14(20)13-4-3-7-23-13/h3-8,10H,1-2H3,(H,18,22)(H,19,21)/t10-/m0/s1. The third-order valence-electron chi connectivity index (χ3n) is 3.07. The summed E-state index contributed by atoms with van der Waals surface area (Å²) in [7, 11) is 0. The molecule has 2 amide bonds. The summed E-state index contributed by atoms with van der Waals surface area (Å²) in [6.45, 7) is 3.10. The Bertz CT molecular complexity index is 741. The highest BCUT2D eigenvalue weighted by molar-refractivity contribution is 6.42. The summed E-state index contributed by atoms with van der Waals surface area (Å²) < 4.78 is 18.5. The number of benzene rings is 1. The fraction of sp³-hybridized carbons (Fsp3) is 0.188. The number of halogens is 1. The molecule has 0 fully saturated rings. The SMILES string of the molecule is Cc1ccc(NC(=O)[C@H](C)NC(=O)C(=O)c2ccco2)c(F)c1. The molecule has 0 saturated carbocycles. The van der Waals surface area contributed by atoms with Crippen LogP contribution >= 0.6 is 0 Å². The number of aryl methyl sites for hydroxylation is 1. The van der Waals surface area contributed by atoms with Crippen molar-refractivity contribution in [1.29, 1.82) is 0 Å². The Morgan fingerprint density at radius 3 is 2.57 bits per heavy atom. The molecule has 2 N–H and O–H groups in total. The Labute approximate surface area is 131 Å². The maximum absolute atomic E-state index is 13.7. The number of ketones is 1. The van der Waals surface area contributed by atoms with Gasteiger partial charge in [0.05, 0.1) is 12.0 Å². The van der Waals surface area contributed by atoms with E-state index in [0.29, 0.717) is 5.56 Å². The first-order valence-corrected chi connectivity index (χ1v) is 6.84. The van der Waals surface area contributed by atoms with E-state index in [0.717, 1.165) is 0 Å². The van der Waals surface area contributed by atoms with Crippen LogP contribution in [0.15, 0.2) is 41.0 Å². The molecule has 1 aromatic carbocycles. The van der Waals surface area contributed by atoms with E-state index in [-0.39, 0.29) is 11.4 Å². The molecule has 0 aliphatic carbocycles. The van der Waals surface area contributed by atoms with Gasteiger partial charge in [-0.15, -0.1) is 0 Å². The summed E-state index contributed by atoms with van der Waals surface area (Å²) in [5, 5.41) is 4.59. The van der Waals surface area contributed by atoms with Crippen molar-refractivity contribution < 1.29 is 23.2 Å². The molecule has 0 unspecified atom stereocenters. The largest absolute Gasteiger partial charge is 0.461 e. The molecule has 7 heteroatoms. The summed E-state index contributed by atoms with van der Waals surface area (Å²) in [6, 6.07) is 6.12. The van der Waals surface area contributed by atoms with Gasteiger partial charge >= 0.3 is 0 Å². The molecule has 0 aliphatic rings. The number of carbonyl (C=O) groups excluding carboxylic acids is 3. The van der Waals surface area contributed by atoms with Crippen LogP contribution in [0.5, 0.6) is 0 Å². The van der Waals surface area contributed by atoms with Crippen LogP contribution in [0.4, 0.5) is 10.1 Å².